The molecule has 0 aliphatic heterocycles. The van der Waals surface area contributed by atoms with Crippen LogP contribution in [-0.4, -0.2) is 17.1 Å². The van der Waals surface area contributed by atoms with Crippen molar-refractivity contribution in [2.24, 2.45) is 5.11 Å². The van der Waals surface area contributed by atoms with E-state index in [1.807, 2.05) is 24.3 Å². The van der Waals surface area contributed by atoms with Gasteiger partial charge in [0.1, 0.15) is 0 Å². The average Bonchev–Trinajstić information content (AvgIpc) is 2.21. The first-order chi connectivity index (χ1) is 7.61. The highest BCUT2D eigenvalue weighted by Crippen LogP contribution is 2.14. The topological polar surface area (TPSA) is 86.1 Å². The molecular formula is C10H10BrN3O2. The first-order valence-corrected chi connectivity index (χ1v) is 5.41. The van der Waals surface area contributed by atoms with Crippen LogP contribution < -0.4 is 0 Å². The molecule has 0 radical (unpaired) electrons. The van der Waals surface area contributed by atoms with E-state index in [4.69, 9.17) is 10.6 Å². The molecule has 1 unspecified atom stereocenters. The quantitative estimate of drug-likeness (QED) is 0.511. The molecule has 0 aliphatic carbocycles. The fraction of sp³-hybridized carbons (Fsp3) is 0.300. The molecule has 5 nitrogen and oxygen atoms in total. The standard InChI is InChI=1S/C10H10BrN3O2/c11-8-3-1-7(2-4-8)5-9(13-14-12)6-10(15)16/h1-4,9H,5-6H2,(H,15,16). The first-order valence-electron chi connectivity index (χ1n) is 4.62. The molecule has 1 aromatic carbocycles. The summed E-state index contributed by atoms with van der Waals surface area (Å²) < 4.78 is 0.954. The minimum absolute atomic E-state index is 0.153. The summed E-state index contributed by atoms with van der Waals surface area (Å²) in [5, 5.41) is 12.1. The molecule has 0 aromatic heterocycles. The highest BCUT2D eigenvalue weighted by Gasteiger charge is 2.11. The van der Waals surface area contributed by atoms with Gasteiger partial charge < -0.3 is 5.11 Å². The summed E-state index contributed by atoms with van der Waals surface area (Å²) >= 11 is 3.31. The van der Waals surface area contributed by atoms with Gasteiger partial charge in [-0.05, 0) is 29.6 Å². The van der Waals surface area contributed by atoms with E-state index in [9.17, 15) is 4.79 Å². The minimum Gasteiger partial charge on any atom is -0.481 e. The minimum atomic E-state index is -0.963. The van der Waals surface area contributed by atoms with Gasteiger partial charge in [0.25, 0.3) is 0 Å². The van der Waals surface area contributed by atoms with Gasteiger partial charge in [-0.15, -0.1) is 0 Å². The predicted octanol–water partition coefficient (Wildman–Crippen LogP) is 3.15. The first kappa shape index (κ1) is 12.5. The van der Waals surface area contributed by atoms with Crippen LogP contribution in [0.1, 0.15) is 12.0 Å². The van der Waals surface area contributed by atoms with Crippen molar-refractivity contribution in [1.29, 1.82) is 0 Å². The van der Waals surface area contributed by atoms with Crippen LogP contribution >= 0.6 is 15.9 Å². The van der Waals surface area contributed by atoms with E-state index in [0.29, 0.717) is 6.42 Å². The Morgan fingerprint density at radius 1 is 1.50 bits per heavy atom. The number of hydrogen-bond donors (Lipinski definition) is 1. The number of hydrogen-bond acceptors (Lipinski definition) is 2. The van der Waals surface area contributed by atoms with Crippen LogP contribution in [0.25, 0.3) is 10.4 Å². The molecule has 0 spiro atoms. The molecule has 84 valence electrons. The molecule has 0 saturated carbocycles. The number of carbonyl (C=O) groups is 1. The van der Waals surface area contributed by atoms with Crippen LogP contribution in [0.5, 0.6) is 0 Å². The number of azide groups is 1. The van der Waals surface area contributed by atoms with E-state index in [0.717, 1.165) is 10.0 Å². The molecule has 1 rings (SSSR count). The Bertz CT molecular complexity index is 413. The fourth-order valence-electron chi connectivity index (χ4n) is 1.32. The van der Waals surface area contributed by atoms with Gasteiger partial charge in [-0.2, -0.15) is 0 Å². The van der Waals surface area contributed by atoms with Crippen molar-refractivity contribution in [2.75, 3.05) is 0 Å². The SMILES string of the molecule is [N-]=[N+]=NC(CC(=O)O)Cc1ccc(Br)cc1. The van der Waals surface area contributed by atoms with E-state index in [1.165, 1.54) is 0 Å². The van der Waals surface area contributed by atoms with Crippen LogP contribution in [0, 0.1) is 0 Å². The second-order valence-corrected chi connectivity index (χ2v) is 4.20. The number of carboxylic acids is 1. The molecule has 0 bridgehead atoms. The van der Waals surface area contributed by atoms with E-state index in [-0.39, 0.29) is 6.42 Å². The van der Waals surface area contributed by atoms with Crippen molar-refractivity contribution >= 4 is 21.9 Å². The van der Waals surface area contributed by atoms with Gasteiger partial charge in [-0.3, -0.25) is 4.79 Å². The van der Waals surface area contributed by atoms with Crippen molar-refractivity contribution < 1.29 is 9.90 Å². The molecule has 6 heteroatoms. The lowest BCUT2D eigenvalue weighted by Gasteiger charge is -2.08. The monoisotopic (exact) mass is 283 g/mol. The molecule has 0 fully saturated rings. The molecule has 0 saturated heterocycles. The second-order valence-electron chi connectivity index (χ2n) is 3.29. The Hall–Kier alpha value is -1.52. The highest BCUT2D eigenvalue weighted by atomic mass is 79.9. The van der Waals surface area contributed by atoms with Crippen molar-refractivity contribution in [3.05, 3.63) is 44.7 Å². The summed E-state index contributed by atoms with van der Waals surface area (Å²) in [5.74, 6) is -0.963. The zero-order chi connectivity index (χ0) is 12.0. The third kappa shape index (κ3) is 4.33. The van der Waals surface area contributed by atoms with E-state index >= 15 is 0 Å². The normalized spacial score (nSPS) is 11.6. The van der Waals surface area contributed by atoms with Gasteiger partial charge in [0.15, 0.2) is 0 Å². The lowest BCUT2D eigenvalue weighted by atomic mass is 10.0. The zero-order valence-corrected chi connectivity index (χ0v) is 9.96. The van der Waals surface area contributed by atoms with Gasteiger partial charge in [0.2, 0.25) is 0 Å². The second kappa shape index (κ2) is 6.15. The van der Waals surface area contributed by atoms with Crippen LogP contribution in [-0.2, 0) is 11.2 Å². The molecule has 0 aliphatic rings. The van der Waals surface area contributed by atoms with Crippen molar-refractivity contribution in [1.82, 2.24) is 0 Å². The van der Waals surface area contributed by atoms with Crippen molar-refractivity contribution in [3.63, 3.8) is 0 Å². The maximum atomic E-state index is 10.5. The van der Waals surface area contributed by atoms with Crippen LogP contribution in [0.15, 0.2) is 33.9 Å². The van der Waals surface area contributed by atoms with E-state index in [2.05, 4.69) is 26.0 Å². The summed E-state index contributed by atoms with van der Waals surface area (Å²) in [6.45, 7) is 0. The lowest BCUT2D eigenvalue weighted by molar-refractivity contribution is -0.137. The molecule has 1 aromatic rings. The van der Waals surface area contributed by atoms with Gasteiger partial charge in [0.05, 0.1) is 12.5 Å². The summed E-state index contributed by atoms with van der Waals surface area (Å²) in [4.78, 5) is 13.2. The number of halogens is 1. The lowest BCUT2D eigenvalue weighted by Crippen LogP contribution is -2.13. The maximum absolute atomic E-state index is 10.5. The average molecular weight is 284 g/mol. The summed E-state index contributed by atoms with van der Waals surface area (Å²) in [6, 6.07) is 6.92. The summed E-state index contributed by atoms with van der Waals surface area (Å²) in [6.07, 6.45) is 0.282. The number of nitrogens with zero attached hydrogens (tertiary/aromatic N) is 3. The number of rotatable bonds is 5. The Morgan fingerprint density at radius 2 is 2.12 bits per heavy atom. The largest absolute Gasteiger partial charge is 0.481 e. The van der Waals surface area contributed by atoms with Crippen LogP contribution in [0.4, 0.5) is 0 Å². The maximum Gasteiger partial charge on any atom is 0.303 e. The fourth-order valence-corrected chi connectivity index (χ4v) is 1.59. The highest BCUT2D eigenvalue weighted by molar-refractivity contribution is 9.10. The van der Waals surface area contributed by atoms with Crippen LogP contribution in [0.2, 0.25) is 0 Å². The molecule has 1 atom stereocenters. The van der Waals surface area contributed by atoms with Crippen LogP contribution in [0.3, 0.4) is 0 Å². The van der Waals surface area contributed by atoms with E-state index in [1.54, 1.807) is 0 Å². The Kier molecular flexibility index (Phi) is 4.82. The van der Waals surface area contributed by atoms with Crippen molar-refractivity contribution in [2.45, 2.75) is 18.9 Å². The third-order valence-electron chi connectivity index (χ3n) is 2.01. The molecular weight excluding hydrogens is 274 g/mol. The van der Waals surface area contributed by atoms with Crippen molar-refractivity contribution in [3.8, 4) is 0 Å². The summed E-state index contributed by atoms with van der Waals surface area (Å²) in [5.41, 5.74) is 9.28. The number of aliphatic carboxylic acids is 1. The Morgan fingerprint density at radius 3 is 2.62 bits per heavy atom. The Balaban J connectivity index is 2.71. The Labute approximate surface area is 101 Å². The number of carboxylic acid groups (broad SMARTS) is 1. The number of benzene rings is 1. The summed E-state index contributed by atoms with van der Waals surface area (Å²) in [7, 11) is 0. The molecule has 0 amide bonds. The van der Waals surface area contributed by atoms with Gasteiger partial charge >= 0.3 is 5.97 Å². The molecule has 16 heavy (non-hydrogen) atoms. The third-order valence-corrected chi connectivity index (χ3v) is 2.54. The molecule has 0 heterocycles. The molecule has 1 N–H and O–H groups in total. The zero-order valence-electron chi connectivity index (χ0n) is 8.38. The predicted molar refractivity (Wildman–Crippen MR) is 63.0 cm³/mol. The smallest absolute Gasteiger partial charge is 0.303 e. The van der Waals surface area contributed by atoms with Gasteiger partial charge in [-0.1, -0.05) is 33.2 Å². The van der Waals surface area contributed by atoms with Gasteiger partial charge in [-0.25, -0.2) is 0 Å². The van der Waals surface area contributed by atoms with E-state index < -0.39 is 12.0 Å². The van der Waals surface area contributed by atoms with Gasteiger partial charge in [0, 0.05) is 9.38 Å².